The Balaban J connectivity index is 0.000000433. The Bertz CT molecular complexity index is 680. The highest BCUT2D eigenvalue weighted by Crippen LogP contribution is 2.34. The van der Waals surface area contributed by atoms with Gasteiger partial charge in [0.15, 0.2) is 0 Å². The molecule has 0 unspecified atom stereocenters. The molecule has 1 aliphatic carbocycles. The van der Waals surface area contributed by atoms with Crippen LogP contribution in [0.5, 0.6) is 0 Å². The van der Waals surface area contributed by atoms with Crippen molar-refractivity contribution < 1.29 is 19.4 Å². The summed E-state index contributed by atoms with van der Waals surface area (Å²) in [5.74, 6) is -0.395. The number of nitrogens with zero attached hydrogens (tertiary/aromatic N) is 2. The smallest absolute Gasteiger partial charge is 0.300 e. The molecule has 1 heterocycles. The summed E-state index contributed by atoms with van der Waals surface area (Å²) < 4.78 is 16.2. The van der Waals surface area contributed by atoms with E-state index in [2.05, 4.69) is 4.98 Å². The molecule has 1 fully saturated rings. The first-order valence-electron chi connectivity index (χ1n) is 7.56. The van der Waals surface area contributed by atoms with E-state index in [1.54, 1.807) is 25.3 Å². The van der Waals surface area contributed by atoms with E-state index in [4.69, 9.17) is 9.90 Å². The van der Waals surface area contributed by atoms with Crippen molar-refractivity contribution in [3.05, 3.63) is 42.0 Å². The molecule has 0 radical (unpaired) electrons. The van der Waals surface area contributed by atoms with E-state index in [1.807, 2.05) is 16.8 Å². The Hall–Kier alpha value is -2.21. The van der Waals surface area contributed by atoms with E-state index in [-0.39, 0.29) is 18.0 Å². The second-order valence-corrected chi connectivity index (χ2v) is 5.73. The lowest BCUT2D eigenvalue weighted by Gasteiger charge is -2.15. The van der Waals surface area contributed by atoms with Crippen molar-refractivity contribution in [2.75, 3.05) is 0 Å². The summed E-state index contributed by atoms with van der Waals surface area (Å²) in [6.45, 7) is 2.84. The SMILES string of the molecule is CC(=O)O.Cc1cccc(-c2nccn2[C@@H]2CC[C@H](O)C2)c1F. The first-order valence-corrected chi connectivity index (χ1v) is 7.56. The molecule has 1 aliphatic rings. The molecule has 2 atom stereocenters. The predicted octanol–water partition coefficient (Wildman–Crippen LogP) is 3.17. The molecular formula is C17H21FN2O3. The van der Waals surface area contributed by atoms with E-state index in [0.717, 1.165) is 26.2 Å². The number of carboxylic acids is 1. The van der Waals surface area contributed by atoms with E-state index in [1.165, 1.54) is 0 Å². The molecule has 3 rings (SSSR count). The van der Waals surface area contributed by atoms with Gasteiger partial charge in [-0.2, -0.15) is 0 Å². The molecule has 0 bridgehead atoms. The maximum absolute atomic E-state index is 14.2. The van der Waals surface area contributed by atoms with Gasteiger partial charge in [-0.1, -0.05) is 12.1 Å². The molecule has 0 saturated heterocycles. The molecule has 1 aromatic carbocycles. The van der Waals surface area contributed by atoms with Crippen molar-refractivity contribution in [3.8, 4) is 11.4 Å². The van der Waals surface area contributed by atoms with Gasteiger partial charge < -0.3 is 14.8 Å². The highest BCUT2D eigenvalue weighted by Gasteiger charge is 2.26. The average Bonchev–Trinajstić information content (AvgIpc) is 3.09. The number of rotatable bonds is 2. The van der Waals surface area contributed by atoms with E-state index in [0.29, 0.717) is 17.0 Å². The van der Waals surface area contributed by atoms with Gasteiger partial charge in [-0.25, -0.2) is 9.37 Å². The first kappa shape index (κ1) is 17.1. The molecule has 6 heteroatoms. The third-order valence-corrected chi connectivity index (χ3v) is 3.87. The summed E-state index contributed by atoms with van der Waals surface area (Å²) in [6.07, 6.45) is 5.76. The van der Waals surface area contributed by atoms with Crippen LogP contribution < -0.4 is 0 Å². The van der Waals surface area contributed by atoms with Gasteiger partial charge in [0.1, 0.15) is 11.6 Å². The number of benzene rings is 1. The van der Waals surface area contributed by atoms with Crippen LogP contribution in [-0.4, -0.2) is 31.8 Å². The normalized spacial score (nSPS) is 20.0. The molecule has 0 amide bonds. The quantitative estimate of drug-likeness (QED) is 0.891. The monoisotopic (exact) mass is 320 g/mol. The molecule has 0 aliphatic heterocycles. The number of hydrogen-bond acceptors (Lipinski definition) is 3. The van der Waals surface area contributed by atoms with Crippen LogP contribution in [0.1, 0.15) is 37.8 Å². The van der Waals surface area contributed by atoms with Crippen LogP contribution >= 0.6 is 0 Å². The molecule has 2 aromatic rings. The van der Waals surface area contributed by atoms with E-state index < -0.39 is 5.97 Å². The zero-order chi connectivity index (χ0) is 17.0. The second-order valence-electron chi connectivity index (χ2n) is 5.73. The zero-order valence-electron chi connectivity index (χ0n) is 13.2. The minimum Gasteiger partial charge on any atom is -0.481 e. The van der Waals surface area contributed by atoms with Crippen LogP contribution in [0.4, 0.5) is 4.39 Å². The van der Waals surface area contributed by atoms with Gasteiger partial charge in [0.25, 0.3) is 5.97 Å². The summed E-state index contributed by atoms with van der Waals surface area (Å²) >= 11 is 0. The third kappa shape index (κ3) is 4.16. The zero-order valence-corrected chi connectivity index (χ0v) is 13.2. The van der Waals surface area contributed by atoms with Crippen LogP contribution in [0.25, 0.3) is 11.4 Å². The van der Waals surface area contributed by atoms with Crippen molar-refractivity contribution in [1.82, 2.24) is 9.55 Å². The molecule has 1 saturated carbocycles. The predicted molar refractivity (Wildman–Crippen MR) is 84.6 cm³/mol. The number of aliphatic carboxylic acids is 1. The number of carbonyl (C=O) groups is 1. The fourth-order valence-electron chi connectivity index (χ4n) is 2.82. The fourth-order valence-corrected chi connectivity index (χ4v) is 2.82. The Labute approximate surface area is 134 Å². The van der Waals surface area contributed by atoms with Gasteiger partial charge in [0.2, 0.25) is 0 Å². The van der Waals surface area contributed by atoms with Gasteiger partial charge in [0, 0.05) is 25.4 Å². The molecule has 1 aromatic heterocycles. The fraction of sp³-hybridized carbons (Fsp3) is 0.412. The number of hydrogen-bond donors (Lipinski definition) is 2. The lowest BCUT2D eigenvalue weighted by atomic mass is 10.1. The summed E-state index contributed by atoms with van der Waals surface area (Å²) in [7, 11) is 0. The molecule has 5 nitrogen and oxygen atoms in total. The molecule has 2 N–H and O–H groups in total. The Morgan fingerprint density at radius 3 is 2.70 bits per heavy atom. The van der Waals surface area contributed by atoms with Gasteiger partial charge in [0.05, 0.1) is 11.7 Å². The Morgan fingerprint density at radius 2 is 2.09 bits per heavy atom. The Kier molecular flexibility index (Phi) is 5.50. The van der Waals surface area contributed by atoms with Gasteiger partial charge >= 0.3 is 0 Å². The highest BCUT2D eigenvalue weighted by atomic mass is 19.1. The van der Waals surface area contributed by atoms with Crippen molar-refractivity contribution in [2.45, 2.75) is 45.3 Å². The van der Waals surface area contributed by atoms with Crippen LogP contribution in [-0.2, 0) is 4.79 Å². The number of imidazole rings is 1. The third-order valence-electron chi connectivity index (χ3n) is 3.87. The molecule has 124 valence electrons. The number of aryl methyl sites for hydroxylation is 1. The van der Waals surface area contributed by atoms with Crippen molar-refractivity contribution in [2.24, 2.45) is 0 Å². The van der Waals surface area contributed by atoms with E-state index >= 15 is 0 Å². The van der Waals surface area contributed by atoms with Crippen molar-refractivity contribution in [1.29, 1.82) is 0 Å². The second kappa shape index (κ2) is 7.37. The van der Waals surface area contributed by atoms with Crippen molar-refractivity contribution in [3.63, 3.8) is 0 Å². The number of halogens is 1. The van der Waals surface area contributed by atoms with Crippen molar-refractivity contribution >= 4 is 5.97 Å². The molecule has 0 spiro atoms. The topological polar surface area (TPSA) is 75.3 Å². The minimum absolute atomic E-state index is 0.214. The van der Waals surface area contributed by atoms with Gasteiger partial charge in [-0.05, 0) is 37.8 Å². The lowest BCUT2D eigenvalue weighted by Crippen LogP contribution is -2.08. The summed E-state index contributed by atoms with van der Waals surface area (Å²) in [6, 6.07) is 5.57. The summed E-state index contributed by atoms with van der Waals surface area (Å²) in [5, 5.41) is 17.1. The number of carboxylic acid groups (broad SMARTS) is 1. The summed E-state index contributed by atoms with van der Waals surface area (Å²) in [5.41, 5.74) is 1.16. The summed E-state index contributed by atoms with van der Waals surface area (Å²) in [4.78, 5) is 13.3. The van der Waals surface area contributed by atoms with Gasteiger partial charge in [-0.3, -0.25) is 4.79 Å². The number of aliphatic hydroxyl groups is 1. The number of aliphatic hydroxyl groups excluding tert-OH is 1. The van der Waals surface area contributed by atoms with E-state index in [9.17, 15) is 9.50 Å². The first-order chi connectivity index (χ1) is 10.9. The minimum atomic E-state index is -0.833. The molecule has 23 heavy (non-hydrogen) atoms. The molecular weight excluding hydrogens is 299 g/mol. The van der Waals surface area contributed by atoms with Gasteiger partial charge in [-0.15, -0.1) is 0 Å². The highest BCUT2D eigenvalue weighted by molar-refractivity contribution is 5.63. The lowest BCUT2D eigenvalue weighted by molar-refractivity contribution is -0.134. The Morgan fingerprint density at radius 1 is 1.39 bits per heavy atom. The van der Waals surface area contributed by atoms with Crippen LogP contribution in [0.3, 0.4) is 0 Å². The van der Waals surface area contributed by atoms with Crippen LogP contribution in [0, 0.1) is 12.7 Å². The average molecular weight is 320 g/mol. The maximum atomic E-state index is 14.2. The van der Waals surface area contributed by atoms with Crippen LogP contribution in [0.2, 0.25) is 0 Å². The largest absolute Gasteiger partial charge is 0.481 e. The standard InChI is InChI=1S/C15H17FN2O.C2H4O2/c1-10-3-2-4-13(14(10)16)15-17-7-8-18(15)11-5-6-12(19)9-11;1-2(3)4/h2-4,7-8,11-12,19H,5-6,9H2,1H3;1H3,(H,3,4)/t11-,12+;/m1./s1. The maximum Gasteiger partial charge on any atom is 0.300 e. The van der Waals surface area contributed by atoms with Crippen LogP contribution in [0.15, 0.2) is 30.6 Å². The number of aromatic nitrogens is 2.